The Morgan fingerprint density at radius 2 is 1.39 bits per heavy atom. The molecule has 0 fully saturated rings. The minimum absolute atomic E-state index is 0.0792. The van der Waals surface area contributed by atoms with Gasteiger partial charge >= 0.3 is 0 Å². The molecule has 0 saturated heterocycles. The zero-order valence-corrected chi connectivity index (χ0v) is 24.0. The van der Waals surface area contributed by atoms with Crippen LogP contribution in [0, 0.1) is 5.82 Å². The Hall–Kier alpha value is -4.37. The van der Waals surface area contributed by atoms with E-state index < -0.39 is 5.41 Å². The molecule has 212 valence electrons. The zero-order valence-electron chi connectivity index (χ0n) is 24.0. The summed E-state index contributed by atoms with van der Waals surface area (Å²) in [5, 5.41) is 9.14. The molecule has 1 heterocycles. The fourth-order valence-electron chi connectivity index (χ4n) is 5.88. The SMILES string of the molecule is C[C@@H](N)CC1(c2nnc(-c3ccc(F)cc3)[nH]2)c2ccc(C(=O)N(C)C)cc2CCc2cc(C(=O)N(C)C)ccc21. The Morgan fingerprint density at radius 1 is 0.878 bits per heavy atom. The first-order valence-electron chi connectivity index (χ1n) is 13.7. The molecule has 0 aliphatic heterocycles. The summed E-state index contributed by atoms with van der Waals surface area (Å²) in [7, 11) is 6.94. The lowest BCUT2D eigenvalue weighted by atomic mass is 9.68. The molecule has 2 amide bonds. The molecular weight excluding hydrogens is 519 g/mol. The second kappa shape index (κ2) is 10.9. The van der Waals surface area contributed by atoms with Crippen LogP contribution in [0.1, 0.15) is 62.1 Å². The minimum atomic E-state index is -0.847. The Kier molecular flexibility index (Phi) is 7.48. The molecule has 3 N–H and O–H groups in total. The van der Waals surface area contributed by atoms with Gasteiger partial charge in [0, 0.05) is 50.9 Å². The van der Waals surface area contributed by atoms with Gasteiger partial charge in [-0.05, 0) is 97.0 Å². The van der Waals surface area contributed by atoms with Gasteiger partial charge in [0.1, 0.15) is 11.6 Å². The van der Waals surface area contributed by atoms with E-state index in [4.69, 9.17) is 5.73 Å². The molecule has 0 saturated carbocycles. The van der Waals surface area contributed by atoms with Crippen molar-refractivity contribution in [3.8, 4) is 11.4 Å². The van der Waals surface area contributed by atoms with E-state index in [0.29, 0.717) is 47.6 Å². The molecule has 3 aromatic carbocycles. The lowest BCUT2D eigenvalue weighted by Crippen LogP contribution is -2.38. The van der Waals surface area contributed by atoms with Crippen LogP contribution in [0.5, 0.6) is 0 Å². The molecule has 0 unspecified atom stereocenters. The highest BCUT2D eigenvalue weighted by molar-refractivity contribution is 5.95. The van der Waals surface area contributed by atoms with Crippen molar-refractivity contribution in [2.24, 2.45) is 5.73 Å². The molecule has 0 spiro atoms. The van der Waals surface area contributed by atoms with Gasteiger partial charge < -0.3 is 20.5 Å². The van der Waals surface area contributed by atoms with Crippen LogP contribution in [0.2, 0.25) is 0 Å². The van der Waals surface area contributed by atoms with Crippen molar-refractivity contribution < 1.29 is 14.0 Å². The summed E-state index contributed by atoms with van der Waals surface area (Å²) < 4.78 is 13.6. The number of aryl methyl sites for hydroxylation is 2. The van der Waals surface area contributed by atoms with Crippen LogP contribution < -0.4 is 5.73 Å². The quantitative estimate of drug-likeness (QED) is 0.372. The maximum atomic E-state index is 13.6. The molecule has 0 radical (unpaired) electrons. The molecule has 1 aliphatic carbocycles. The van der Waals surface area contributed by atoms with Crippen LogP contribution in [0.4, 0.5) is 4.39 Å². The Balaban J connectivity index is 1.78. The number of carbonyl (C=O) groups is 2. The third-order valence-electron chi connectivity index (χ3n) is 7.74. The molecule has 1 aliphatic rings. The highest BCUT2D eigenvalue weighted by Crippen LogP contribution is 2.47. The predicted molar refractivity (Wildman–Crippen MR) is 156 cm³/mol. The molecule has 5 rings (SSSR count). The third kappa shape index (κ3) is 5.13. The van der Waals surface area contributed by atoms with Crippen molar-refractivity contribution in [1.82, 2.24) is 25.0 Å². The number of aromatic amines is 1. The molecule has 41 heavy (non-hydrogen) atoms. The summed E-state index contributed by atoms with van der Waals surface area (Å²) in [6.07, 6.45) is 1.82. The van der Waals surface area contributed by atoms with Gasteiger partial charge in [0.05, 0.1) is 5.41 Å². The number of hydrogen-bond donors (Lipinski definition) is 2. The van der Waals surface area contributed by atoms with Crippen LogP contribution in [0.3, 0.4) is 0 Å². The summed E-state index contributed by atoms with van der Waals surface area (Å²) in [4.78, 5) is 32.4. The Bertz CT molecular complexity index is 1540. The van der Waals surface area contributed by atoms with Crippen LogP contribution in [0.25, 0.3) is 11.4 Å². The van der Waals surface area contributed by atoms with Gasteiger partial charge in [-0.15, -0.1) is 10.2 Å². The second-order valence-corrected chi connectivity index (χ2v) is 11.3. The molecule has 1 aromatic heterocycles. The number of aromatic nitrogens is 3. The van der Waals surface area contributed by atoms with Crippen LogP contribution >= 0.6 is 0 Å². The van der Waals surface area contributed by atoms with Crippen molar-refractivity contribution in [2.75, 3.05) is 28.2 Å². The molecule has 4 aromatic rings. The van der Waals surface area contributed by atoms with Crippen molar-refractivity contribution in [3.63, 3.8) is 0 Å². The molecule has 1 atom stereocenters. The predicted octanol–water partition coefficient (Wildman–Crippen LogP) is 4.18. The number of benzene rings is 3. The van der Waals surface area contributed by atoms with Gasteiger partial charge in [0.25, 0.3) is 11.8 Å². The number of amides is 2. The summed E-state index contributed by atoms with van der Waals surface area (Å²) >= 11 is 0. The standard InChI is InChI=1S/C32H35FN6O2/c1-19(34)18-32(31-35-28(36-37-31)20-8-12-25(33)13-9-20)26-14-10-23(29(40)38(2)3)16-21(26)6-7-22-17-24(11-15-27(22)32)30(41)39(4)5/h8-17,19H,6-7,18,34H2,1-5H3,(H,35,36,37)/t19-/m1/s1. The van der Waals surface area contributed by atoms with E-state index in [1.54, 1.807) is 50.1 Å². The minimum Gasteiger partial charge on any atom is -0.345 e. The van der Waals surface area contributed by atoms with Crippen molar-refractivity contribution in [1.29, 1.82) is 0 Å². The first kappa shape index (κ1) is 28.2. The van der Waals surface area contributed by atoms with E-state index in [1.807, 2.05) is 43.3 Å². The van der Waals surface area contributed by atoms with Gasteiger partial charge in [0.15, 0.2) is 5.82 Å². The van der Waals surface area contributed by atoms with E-state index in [0.717, 1.165) is 22.3 Å². The van der Waals surface area contributed by atoms with Crippen molar-refractivity contribution in [3.05, 3.63) is 106 Å². The first-order valence-corrected chi connectivity index (χ1v) is 13.7. The van der Waals surface area contributed by atoms with E-state index >= 15 is 0 Å². The average molecular weight is 555 g/mol. The number of nitrogens with two attached hydrogens (primary N) is 1. The number of carbonyl (C=O) groups excluding carboxylic acids is 2. The molecule has 0 bridgehead atoms. The fraction of sp³-hybridized carbons (Fsp3) is 0.312. The van der Waals surface area contributed by atoms with Gasteiger partial charge in [-0.1, -0.05) is 12.1 Å². The summed E-state index contributed by atoms with van der Waals surface area (Å²) in [5.74, 6) is 0.612. The van der Waals surface area contributed by atoms with E-state index in [2.05, 4.69) is 15.2 Å². The number of nitrogens with zero attached hydrogens (tertiary/aromatic N) is 4. The molecule has 9 heteroatoms. The average Bonchev–Trinajstić information content (AvgIpc) is 3.40. The summed E-state index contributed by atoms with van der Waals surface area (Å²) in [6, 6.07) is 17.5. The summed E-state index contributed by atoms with van der Waals surface area (Å²) in [5.41, 5.74) is 11.6. The van der Waals surface area contributed by atoms with Gasteiger partial charge in [-0.2, -0.15) is 0 Å². The van der Waals surface area contributed by atoms with Crippen molar-refractivity contribution >= 4 is 11.8 Å². The number of rotatable bonds is 6. The highest BCUT2D eigenvalue weighted by Gasteiger charge is 2.45. The van der Waals surface area contributed by atoms with E-state index in [1.165, 1.54) is 12.1 Å². The van der Waals surface area contributed by atoms with Crippen LogP contribution in [-0.4, -0.2) is 71.0 Å². The third-order valence-corrected chi connectivity index (χ3v) is 7.74. The maximum absolute atomic E-state index is 13.6. The smallest absolute Gasteiger partial charge is 0.253 e. The largest absolute Gasteiger partial charge is 0.345 e. The van der Waals surface area contributed by atoms with Crippen molar-refractivity contribution in [2.45, 2.75) is 37.6 Å². The monoisotopic (exact) mass is 554 g/mol. The highest BCUT2D eigenvalue weighted by atomic mass is 19.1. The number of hydrogen-bond acceptors (Lipinski definition) is 5. The van der Waals surface area contributed by atoms with E-state index in [9.17, 15) is 14.0 Å². The lowest BCUT2D eigenvalue weighted by Gasteiger charge is -2.36. The van der Waals surface area contributed by atoms with E-state index in [-0.39, 0.29) is 23.7 Å². The van der Waals surface area contributed by atoms with Crippen LogP contribution in [0.15, 0.2) is 60.7 Å². The molecular formula is C32H35FN6O2. The van der Waals surface area contributed by atoms with Gasteiger partial charge in [0.2, 0.25) is 0 Å². The topological polar surface area (TPSA) is 108 Å². The number of fused-ring (bicyclic) bond motifs is 2. The van der Waals surface area contributed by atoms with Crippen LogP contribution in [-0.2, 0) is 18.3 Å². The number of H-pyrrole nitrogens is 1. The Labute approximate surface area is 239 Å². The van der Waals surface area contributed by atoms with Gasteiger partial charge in [-0.3, -0.25) is 9.59 Å². The lowest BCUT2D eigenvalue weighted by molar-refractivity contribution is 0.0820. The maximum Gasteiger partial charge on any atom is 0.253 e. The summed E-state index contributed by atoms with van der Waals surface area (Å²) in [6.45, 7) is 1.96. The normalized spacial score (nSPS) is 14.4. The number of halogens is 1. The Morgan fingerprint density at radius 3 is 1.85 bits per heavy atom. The van der Waals surface area contributed by atoms with Gasteiger partial charge in [-0.25, -0.2) is 4.39 Å². The zero-order chi connectivity index (χ0) is 29.5. The first-order chi connectivity index (χ1) is 19.5. The fourth-order valence-corrected chi connectivity index (χ4v) is 5.88. The second-order valence-electron chi connectivity index (χ2n) is 11.3. The number of nitrogens with one attached hydrogen (secondary N) is 1. The molecule has 8 nitrogen and oxygen atoms in total.